The van der Waals surface area contributed by atoms with Crippen LogP contribution in [0.4, 0.5) is 0 Å². The molecule has 0 bridgehead atoms. The number of methoxy groups -OCH3 is 2. The number of hydrogen-bond acceptors (Lipinski definition) is 7. The minimum atomic E-state index is -0.327. The highest BCUT2D eigenvalue weighted by Crippen LogP contribution is 2.14. The van der Waals surface area contributed by atoms with Gasteiger partial charge in [-0.1, -0.05) is 12.1 Å². The third kappa shape index (κ3) is 5.60. The summed E-state index contributed by atoms with van der Waals surface area (Å²) in [6.45, 7) is 3.83. The quantitative estimate of drug-likeness (QED) is 0.511. The van der Waals surface area contributed by atoms with Crippen LogP contribution in [0.1, 0.15) is 37.9 Å². The monoisotopic (exact) mass is 463 g/mol. The van der Waals surface area contributed by atoms with Gasteiger partial charge < -0.3 is 19.4 Å². The number of benzene rings is 2. The summed E-state index contributed by atoms with van der Waals surface area (Å²) in [5.74, 6) is 2.12. The minimum Gasteiger partial charge on any atom is -0.497 e. The molecule has 9 heteroatoms. The minimum absolute atomic E-state index is 0.123. The Labute approximate surface area is 198 Å². The number of nitrogens with zero attached hydrogens (tertiary/aromatic N) is 4. The topological polar surface area (TPSA) is 98.6 Å². The van der Waals surface area contributed by atoms with Crippen molar-refractivity contribution in [3.05, 3.63) is 76.9 Å². The average molecular weight is 464 g/mol. The lowest BCUT2D eigenvalue weighted by atomic mass is 10.1. The summed E-state index contributed by atoms with van der Waals surface area (Å²) in [5, 5.41) is 11.7. The van der Waals surface area contributed by atoms with Gasteiger partial charge >= 0.3 is 5.97 Å². The van der Waals surface area contributed by atoms with Crippen molar-refractivity contribution in [2.75, 3.05) is 33.9 Å². The lowest BCUT2D eigenvalue weighted by Gasteiger charge is -2.19. The predicted octanol–water partition coefficient (Wildman–Crippen LogP) is 2.10. The van der Waals surface area contributed by atoms with Crippen molar-refractivity contribution >= 4 is 11.9 Å². The molecule has 0 spiro atoms. The van der Waals surface area contributed by atoms with Gasteiger partial charge in [0.05, 0.1) is 19.8 Å². The van der Waals surface area contributed by atoms with Crippen molar-refractivity contribution in [1.29, 1.82) is 0 Å². The zero-order valence-corrected chi connectivity index (χ0v) is 19.5. The molecule has 0 radical (unpaired) electrons. The number of rotatable bonds is 8. The molecule has 9 nitrogen and oxygen atoms in total. The van der Waals surface area contributed by atoms with E-state index in [4.69, 9.17) is 9.47 Å². The maximum Gasteiger partial charge on any atom is 0.337 e. The average Bonchev–Trinajstić information content (AvgIpc) is 3.15. The van der Waals surface area contributed by atoms with Crippen LogP contribution in [0.2, 0.25) is 0 Å². The van der Waals surface area contributed by atoms with Crippen LogP contribution in [-0.4, -0.2) is 65.4 Å². The SMILES string of the molecule is COC(=O)c1ccc(CN2CCc3nnc(CCNC(=O)c4ccc(OC)cc4)n3CC2)cc1. The molecule has 0 aliphatic carbocycles. The summed E-state index contributed by atoms with van der Waals surface area (Å²) in [7, 11) is 2.98. The summed E-state index contributed by atoms with van der Waals surface area (Å²) >= 11 is 0. The van der Waals surface area contributed by atoms with Crippen LogP contribution in [0.25, 0.3) is 0 Å². The summed E-state index contributed by atoms with van der Waals surface area (Å²) in [4.78, 5) is 26.4. The Hall–Kier alpha value is -3.72. The fourth-order valence-electron chi connectivity index (χ4n) is 4.02. The number of fused-ring (bicyclic) bond motifs is 1. The van der Waals surface area contributed by atoms with E-state index >= 15 is 0 Å². The lowest BCUT2D eigenvalue weighted by molar-refractivity contribution is 0.0600. The Balaban J connectivity index is 1.29. The Morgan fingerprint density at radius 3 is 2.38 bits per heavy atom. The molecular weight excluding hydrogens is 434 g/mol. The predicted molar refractivity (Wildman–Crippen MR) is 126 cm³/mol. The first-order chi connectivity index (χ1) is 16.6. The number of aromatic nitrogens is 3. The molecule has 0 saturated carbocycles. The number of carbonyl (C=O) groups excluding carboxylic acids is 2. The molecule has 1 aromatic heterocycles. The van der Waals surface area contributed by atoms with Crippen LogP contribution in [0.15, 0.2) is 48.5 Å². The van der Waals surface area contributed by atoms with Gasteiger partial charge in [0.2, 0.25) is 0 Å². The van der Waals surface area contributed by atoms with E-state index < -0.39 is 0 Å². The van der Waals surface area contributed by atoms with Gasteiger partial charge in [-0.3, -0.25) is 9.69 Å². The molecule has 34 heavy (non-hydrogen) atoms. The fraction of sp³-hybridized carbons (Fsp3) is 0.360. The summed E-state index contributed by atoms with van der Waals surface area (Å²) in [6, 6.07) is 14.6. The zero-order chi connectivity index (χ0) is 23.9. The fourth-order valence-corrected chi connectivity index (χ4v) is 4.02. The van der Waals surface area contributed by atoms with Crippen LogP contribution >= 0.6 is 0 Å². The lowest BCUT2D eigenvalue weighted by Crippen LogP contribution is -2.28. The Morgan fingerprint density at radius 1 is 0.941 bits per heavy atom. The van der Waals surface area contributed by atoms with Crippen molar-refractivity contribution in [3.8, 4) is 5.75 Å². The number of nitrogens with one attached hydrogen (secondary N) is 1. The van der Waals surface area contributed by atoms with Crippen LogP contribution in [0.5, 0.6) is 5.75 Å². The summed E-state index contributed by atoms with van der Waals surface area (Å²) in [6.07, 6.45) is 1.43. The number of carbonyl (C=O) groups is 2. The Kier molecular flexibility index (Phi) is 7.54. The van der Waals surface area contributed by atoms with E-state index in [1.807, 2.05) is 12.1 Å². The molecule has 0 fully saturated rings. The van der Waals surface area contributed by atoms with Crippen LogP contribution < -0.4 is 10.1 Å². The molecule has 0 atom stereocenters. The first-order valence-corrected chi connectivity index (χ1v) is 11.3. The Morgan fingerprint density at radius 2 is 1.68 bits per heavy atom. The van der Waals surface area contributed by atoms with E-state index in [0.717, 1.165) is 55.6 Å². The molecule has 2 heterocycles. The second-order valence-electron chi connectivity index (χ2n) is 8.13. The third-order valence-electron chi connectivity index (χ3n) is 5.96. The molecule has 2 aromatic carbocycles. The Bertz CT molecular complexity index is 1130. The molecule has 1 amide bonds. The number of amides is 1. The van der Waals surface area contributed by atoms with Crippen molar-refractivity contribution < 1.29 is 19.1 Å². The molecule has 1 aliphatic heterocycles. The molecule has 3 aromatic rings. The second kappa shape index (κ2) is 10.9. The highest BCUT2D eigenvalue weighted by molar-refractivity contribution is 5.94. The molecular formula is C25H29N5O4. The molecule has 0 saturated heterocycles. The van der Waals surface area contributed by atoms with Gasteiger partial charge in [0, 0.05) is 51.1 Å². The number of hydrogen-bond donors (Lipinski definition) is 1. The zero-order valence-electron chi connectivity index (χ0n) is 19.5. The van der Waals surface area contributed by atoms with E-state index in [-0.39, 0.29) is 11.9 Å². The third-order valence-corrected chi connectivity index (χ3v) is 5.96. The number of ether oxygens (including phenoxy) is 2. The normalized spacial score (nSPS) is 13.6. The second-order valence-corrected chi connectivity index (χ2v) is 8.13. The molecule has 1 N–H and O–H groups in total. The highest BCUT2D eigenvalue weighted by Gasteiger charge is 2.19. The van der Waals surface area contributed by atoms with Crippen LogP contribution in [0.3, 0.4) is 0 Å². The van der Waals surface area contributed by atoms with Crippen molar-refractivity contribution in [1.82, 2.24) is 25.0 Å². The van der Waals surface area contributed by atoms with E-state index in [0.29, 0.717) is 24.1 Å². The van der Waals surface area contributed by atoms with Gasteiger partial charge in [0.15, 0.2) is 0 Å². The van der Waals surface area contributed by atoms with Gasteiger partial charge in [-0.2, -0.15) is 0 Å². The standard InChI is InChI=1S/C25H29N5O4/c1-33-21-9-7-19(8-10-21)24(31)26-13-11-22-27-28-23-12-14-29(15-16-30(22)23)17-18-3-5-20(6-4-18)25(32)34-2/h3-10H,11-17H2,1-2H3,(H,26,31). The van der Waals surface area contributed by atoms with E-state index in [9.17, 15) is 9.59 Å². The van der Waals surface area contributed by atoms with Gasteiger partial charge in [0.25, 0.3) is 5.91 Å². The summed E-state index contributed by atoms with van der Waals surface area (Å²) in [5.41, 5.74) is 2.29. The first-order valence-electron chi connectivity index (χ1n) is 11.3. The highest BCUT2D eigenvalue weighted by atomic mass is 16.5. The number of esters is 1. The first kappa shape index (κ1) is 23.4. The van der Waals surface area contributed by atoms with Crippen molar-refractivity contribution in [2.45, 2.75) is 25.9 Å². The van der Waals surface area contributed by atoms with E-state index in [1.54, 1.807) is 43.5 Å². The van der Waals surface area contributed by atoms with Gasteiger partial charge in [-0.05, 0) is 42.0 Å². The largest absolute Gasteiger partial charge is 0.497 e. The van der Waals surface area contributed by atoms with Crippen LogP contribution in [-0.2, 0) is 30.7 Å². The summed E-state index contributed by atoms with van der Waals surface area (Å²) < 4.78 is 12.1. The van der Waals surface area contributed by atoms with Crippen LogP contribution in [0, 0.1) is 0 Å². The smallest absolute Gasteiger partial charge is 0.337 e. The molecule has 178 valence electrons. The molecule has 0 unspecified atom stereocenters. The molecule has 4 rings (SSSR count). The van der Waals surface area contributed by atoms with Gasteiger partial charge in [0.1, 0.15) is 17.4 Å². The van der Waals surface area contributed by atoms with E-state index in [1.165, 1.54) is 7.11 Å². The van der Waals surface area contributed by atoms with E-state index in [2.05, 4.69) is 25.0 Å². The maximum atomic E-state index is 12.4. The van der Waals surface area contributed by atoms with Gasteiger partial charge in [-0.25, -0.2) is 4.79 Å². The molecule has 1 aliphatic rings. The van der Waals surface area contributed by atoms with Crippen molar-refractivity contribution in [3.63, 3.8) is 0 Å². The van der Waals surface area contributed by atoms with Gasteiger partial charge in [-0.15, -0.1) is 10.2 Å². The van der Waals surface area contributed by atoms with Crippen molar-refractivity contribution in [2.24, 2.45) is 0 Å². The maximum absolute atomic E-state index is 12.4.